The molecule has 2 amide bonds. The summed E-state index contributed by atoms with van der Waals surface area (Å²) >= 11 is 0. The molecule has 35 heavy (non-hydrogen) atoms. The molecular weight excluding hydrogens is 460 g/mol. The van der Waals surface area contributed by atoms with Crippen LogP contribution in [0.5, 0.6) is 0 Å². The van der Waals surface area contributed by atoms with E-state index in [0.717, 1.165) is 27.9 Å². The summed E-state index contributed by atoms with van der Waals surface area (Å²) in [5.74, 6) is 0.508. The van der Waals surface area contributed by atoms with Crippen LogP contribution in [0.3, 0.4) is 0 Å². The Morgan fingerprint density at radius 3 is 2.00 bits per heavy atom. The topological polar surface area (TPSA) is 90.5 Å². The van der Waals surface area contributed by atoms with E-state index in [1.807, 2.05) is 55.4 Å². The Labute approximate surface area is 209 Å². The van der Waals surface area contributed by atoms with Crippen LogP contribution in [0, 0.1) is 0 Å². The lowest BCUT2D eigenvalue weighted by molar-refractivity contribution is 0.252. The van der Waals surface area contributed by atoms with Crippen LogP contribution in [0.4, 0.5) is 16.2 Å². The van der Waals surface area contributed by atoms with Crippen molar-refractivity contribution in [3.63, 3.8) is 0 Å². The predicted octanol–water partition coefficient (Wildman–Crippen LogP) is 5.25. The molecule has 0 aromatic heterocycles. The lowest BCUT2D eigenvalue weighted by Crippen LogP contribution is -2.37. The van der Waals surface area contributed by atoms with Crippen LogP contribution < -0.4 is 20.3 Å². The normalized spacial score (nSPS) is 11.8. The fourth-order valence-corrected chi connectivity index (χ4v) is 5.43. The third-order valence-electron chi connectivity index (χ3n) is 5.94. The zero-order valence-corrected chi connectivity index (χ0v) is 22.2. The second-order valence-electron chi connectivity index (χ2n) is 9.42. The SMILES string of the molecule is CC(C)c1cccc(C(C)C)c1NC(=O)NCCNS(=O)(=O)c1cccc2c(N(C)C)cccc12. The number of benzene rings is 3. The lowest BCUT2D eigenvalue weighted by atomic mass is 9.93. The maximum atomic E-state index is 13.0. The zero-order chi connectivity index (χ0) is 25.8. The van der Waals surface area contributed by atoms with Gasteiger partial charge >= 0.3 is 6.03 Å². The van der Waals surface area contributed by atoms with Crippen molar-refractivity contribution in [2.75, 3.05) is 37.4 Å². The number of carbonyl (C=O) groups is 1. The first-order valence-electron chi connectivity index (χ1n) is 11.9. The highest BCUT2D eigenvalue weighted by Crippen LogP contribution is 2.32. The van der Waals surface area contributed by atoms with Crippen LogP contribution in [-0.2, 0) is 10.0 Å². The molecule has 3 aromatic carbocycles. The van der Waals surface area contributed by atoms with E-state index in [0.29, 0.717) is 5.39 Å². The van der Waals surface area contributed by atoms with Gasteiger partial charge in [0.15, 0.2) is 0 Å². The van der Waals surface area contributed by atoms with Crippen LogP contribution >= 0.6 is 0 Å². The van der Waals surface area contributed by atoms with Gasteiger partial charge in [-0.2, -0.15) is 0 Å². The number of hydrogen-bond acceptors (Lipinski definition) is 4. The van der Waals surface area contributed by atoms with E-state index in [1.54, 1.807) is 18.2 Å². The summed E-state index contributed by atoms with van der Waals surface area (Å²) in [6.45, 7) is 8.58. The van der Waals surface area contributed by atoms with Crippen LogP contribution in [0.1, 0.15) is 50.7 Å². The lowest BCUT2D eigenvalue weighted by Gasteiger charge is -2.20. The van der Waals surface area contributed by atoms with E-state index >= 15 is 0 Å². The van der Waals surface area contributed by atoms with E-state index in [4.69, 9.17) is 0 Å². The molecule has 7 nitrogen and oxygen atoms in total. The molecule has 3 N–H and O–H groups in total. The van der Waals surface area contributed by atoms with Crippen molar-refractivity contribution in [2.45, 2.75) is 44.4 Å². The second-order valence-corrected chi connectivity index (χ2v) is 11.2. The molecule has 0 unspecified atom stereocenters. The van der Waals surface area contributed by atoms with Gasteiger partial charge in [0, 0.05) is 49.3 Å². The number of nitrogens with zero attached hydrogens (tertiary/aromatic N) is 1. The Morgan fingerprint density at radius 1 is 0.829 bits per heavy atom. The zero-order valence-electron chi connectivity index (χ0n) is 21.3. The first-order chi connectivity index (χ1) is 16.5. The third kappa shape index (κ3) is 6.13. The van der Waals surface area contributed by atoms with Crippen LogP contribution in [0.2, 0.25) is 0 Å². The van der Waals surface area contributed by atoms with Gasteiger partial charge in [0.2, 0.25) is 10.0 Å². The first-order valence-corrected chi connectivity index (χ1v) is 13.4. The van der Waals surface area contributed by atoms with Gasteiger partial charge in [0.1, 0.15) is 0 Å². The van der Waals surface area contributed by atoms with Crippen LogP contribution in [0.15, 0.2) is 59.5 Å². The van der Waals surface area contributed by atoms with Gasteiger partial charge in [-0.25, -0.2) is 17.9 Å². The number of urea groups is 1. The van der Waals surface area contributed by atoms with Gasteiger partial charge in [0.05, 0.1) is 4.90 Å². The van der Waals surface area contributed by atoms with E-state index in [9.17, 15) is 13.2 Å². The van der Waals surface area contributed by atoms with Gasteiger partial charge in [-0.05, 0) is 35.1 Å². The van der Waals surface area contributed by atoms with Gasteiger partial charge in [-0.15, -0.1) is 0 Å². The Morgan fingerprint density at radius 2 is 1.40 bits per heavy atom. The van der Waals surface area contributed by atoms with Crippen molar-refractivity contribution in [2.24, 2.45) is 0 Å². The summed E-state index contributed by atoms with van der Waals surface area (Å²) in [7, 11) is 0.0881. The van der Waals surface area contributed by atoms with Crippen molar-refractivity contribution in [1.82, 2.24) is 10.0 Å². The summed E-state index contributed by atoms with van der Waals surface area (Å²) in [5, 5.41) is 7.26. The van der Waals surface area contributed by atoms with Crippen molar-refractivity contribution in [1.29, 1.82) is 0 Å². The predicted molar refractivity (Wildman–Crippen MR) is 145 cm³/mol. The molecule has 0 aliphatic carbocycles. The highest BCUT2D eigenvalue weighted by molar-refractivity contribution is 7.89. The summed E-state index contributed by atoms with van der Waals surface area (Å²) in [6, 6.07) is 16.6. The average molecular weight is 497 g/mol. The third-order valence-corrected chi connectivity index (χ3v) is 7.46. The number of para-hydroxylation sites is 1. The summed E-state index contributed by atoms with van der Waals surface area (Å²) in [6.07, 6.45) is 0. The van der Waals surface area contributed by atoms with E-state index in [2.05, 4.69) is 43.1 Å². The Hall–Kier alpha value is -3.10. The summed E-state index contributed by atoms with van der Waals surface area (Å²) in [4.78, 5) is 14.8. The molecule has 0 spiro atoms. The molecule has 0 aliphatic rings. The number of amides is 2. The van der Waals surface area contributed by atoms with Crippen molar-refractivity contribution in [3.05, 3.63) is 65.7 Å². The molecular formula is C27H36N4O3S. The molecule has 0 saturated carbocycles. The second kappa shape index (κ2) is 11.1. The minimum atomic E-state index is -3.76. The molecule has 8 heteroatoms. The fraction of sp³-hybridized carbons (Fsp3) is 0.370. The van der Waals surface area contributed by atoms with Crippen molar-refractivity contribution >= 4 is 38.2 Å². The molecule has 3 aromatic rings. The standard InChI is InChI=1S/C27H36N4O3S/c1-18(2)20-10-7-11-21(19(3)4)26(20)30-27(32)28-16-17-29-35(33,34)25-15-9-12-22-23(25)13-8-14-24(22)31(5)6/h7-15,18-19,29H,16-17H2,1-6H3,(H2,28,30,32). The van der Waals surface area contributed by atoms with Gasteiger partial charge in [-0.1, -0.05) is 70.2 Å². The number of sulfonamides is 1. The number of rotatable bonds is 9. The molecule has 0 saturated heterocycles. The molecule has 0 fully saturated rings. The number of nitrogens with one attached hydrogen (secondary N) is 3. The van der Waals surface area contributed by atoms with Crippen molar-refractivity contribution in [3.8, 4) is 0 Å². The number of fused-ring (bicyclic) bond motifs is 1. The van der Waals surface area contributed by atoms with Crippen molar-refractivity contribution < 1.29 is 13.2 Å². The van der Waals surface area contributed by atoms with Gasteiger partial charge in [0.25, 0.3) is 0 Å². The van der Waals surface area contributed by atoms with Crippen LogP contribution in [-0.4, -0.2) is 41.6 Å². The molecule has 0 heterocycles. The van der Waals surface area contributed by atoms with E-state index in [1.165, 1.54) is 0 Å². The largest absolute Gasteiger partial charge is 0.377 e. The number of anilines is 2. The molecule has 3 rings (SSSR count). The van der Waals surface area contributed by atoms with E-state index in [-0.39, 0.29) is 35.9 Å². The minimum Gasteiger partial charge on any atom is -0.377 e. The fourth-order valence-electron chi connectivity index (χ4n) is 4.18. The Balaban J connectivity index is 1.67. The average Bonchev–Trinajstić information content (AvgIpc) is 2.80. The first kappa shape index (κ1) is 26.5. The number of carbonyl (C=O) groups excluding carboxylic acids is 1. The molecule has 0 radical (unpaired) electrons. The summed E-state index contributed by atoms with van der Waals surface area (Å²) < 4.78 is 28.7. The quantitative estimate of drug-likeness (QED) is 0.353. The molecule has 0 aliphatic heterocycles. The highest BCUT2D eigenvalue weighted by atomic mass is 32.2. The van der Waals surface area contributed by atoms with Gasteiger partial charge < -0.3 is 15.5 Å². The highest BCUT2D eigenvalue weighted by Gasteiger charge is 2.19. The molecule has 188 valence electrons. The Kier molecular flexibility index (Phi) is 8.40. The number of hydrogen-bond donors (Lipinski definition) is 3. The van der Waals surface area contributed by atoms with Gasteiger partial charge in [-0.3, -0.25) is 0 Å². The maximum Gasteiger partial charge on any atom is 0.319 e. The maximum absolute atomic E-state index is 13.0. The van der Waals surface area contributed by atoms with Crippen LogP contribution in [0.25, 0.3) is 10.8 Å². The smallest absolute Gasteiger partial charge is 0.319 e. The monoisotopic (exact) mass is 496 g/mol. The molecule has 0 atom stereocenters. The molecule has 0 bridgehead atoms. The minimum absolute atomic E-state index is 0.0718. The summed E-state index contributed by atoms with van der Waals surface area (Å²) in [5.41, 5.74) is 3.91. The van der Waals surface area contributed by atoms with E-state index < -0.39 is 10.0 Å². The Bertz CT molecular complexity index is 1270.